The zero-order valence-corrected chi connectivity index (χ0v) is 11.1. The van der Waals surface area contributed by atoms with Crippen molar-refractivity contribution in [3.63, 3.8) is 0 Å². The van der Waals surface area contributed by atoms with E-state index in [2.05, 4.69) is 5.32 Å². The van der Waals surface area contributed by atoms with E-state index in [0.717, 1.165) is 6.07 Å². The molecule has 8 heteroatoms. The monoisotopic (exact) mass is 310 g/mol. The number of para-hydroxylation sites is 1. The van der Waals surface area contributed by atoms with Crippen LogP contribution in [0.1, 0.15) is 10.4 Å². The van der Waals surface area contributed by atoms with Crippen LogP contribution in [0.25, 0.3) is 0 Å². The Morgan fingerprint density at radius 1 is 1.29 bits per heavy atom. The van der Waals surface area contributed by atoms with Gasteiger partial charge in [-0.1, -0.05) is 17.7 Å². The second kappa shape index (κ2) is 5.76. The zero-order chi connectivity index (χ0) is 15.6. The van der Waals surface area contributed by atoms with Gasteiger partial charge in [-0.2, -0.15) is 4.39 Å². The van der Waals surface area contributed by atoms with E-state index in [-0.39, 0.29) is 22.0 Å². The first-order valence-corrected chi connectivity index (χ1v) is 6.00. The molecule has 0 saturated carbocycles. The summed E-state index contributed by atoms with van der Waals surface area (Å²) in [7, 11) is 0. The fourth-order valence-corrected chi connectivity index (χ4v) is 1.92. The van der Waals surface area contributed by atoms with Gasteiger partial charge < -0.3 is 10.4 Å². The highest BCUT2D eigenvalue weighted by molar-refractivity contribution is 6.33. The van der Waals surface area contributed by atoms with Gasteiger partial charge in [0.2, 0.25) is 5.82 Å². The van der Waals surface area contributed by atoms with Gasteiger partial charge in [0.05, 0.1) is 21.2 Å². The highest BCUT2D eigenvalue weighted by atomic mass is 35.5. The lowest BCUT2D eigenvalue weighted by molar-refractivity contribution is -0.386. The molecular weight excluding hydrogens is 303 g/mol. The van der Waals surface area contributed by atoms with Crippen molar-refractivity contribution >= 4 is 34.6 Å². The van der Waals surface area contributed by atoms with Crippen molar-refractivity contribution in [2.75, 3.05) is 5.32 Å². The van der Waals surface area contributed by atoms with Gasteiger partial charge >= 0.3 is 11.7 Å². The van der Waals surface area contributed by atoms with Crippen LogP contribution >= 0.6 is 11.6 Å². The lowest BCUT2D eigenvalue weighted by atomic mass is 10.2. The summed E-state index contributed by atoms with van der Waals surface area (Å²) in [4.78, 5) is 20.8. The van der Waals surface area contributed by atoms with Crippen LogP contribution in [0.2, 0.25) is 5.02 Å². The molecule has 0 unspecified atom stereocenters. The standard InChI is InChI=1S/C13H8ClFN2O4/c14-8-6-7(13(18)19)4-5-10(8)16-11-3-1-2-9(15)12(11)17(20)21/h1-6,16H,(H,18,19). The van der Waals surface area contributed by atoms with E-state index >= 15 is 0 Å². The SMILES string of the molecule is O=C(O)c1ccc(Nc2cccc(F)c2[N+](=O)[O-])c(Cl)c1. The maximum absolute atomic E-state index is 13.5. The van der Waals surface area contributed by atoms with Crippen LogP contribution in [0, 0.1) is 15.9 Å². The van der Waals surface area contributed by atoms with Crippen LogP contribution in [-0.2, 0) is 0 Å². The van der Waals surface area contributed by atoms with Gasteiger partial charge in [0.1, 0.15) is 5.69 Å². The number of carbonyl (C=O) groups is 1. The Labute approximate surface area is 122 Å². The predicted molar refractivity (Wildman–Crippen MR) is 74.7 cm³/mol. The van der Waals surface area contributed by atoms with Crippen LogP contribution in [0.4, 0.5) is 21.5 Å². The number of nitrogens with zero attached hydrogens (tertiary/aromatic N) is 1. The number of hydrogen-bond donors (Lipinski definition) is 2. The minimum atomic E-state index is -1.15. The molecule has 2 aromatic rings. The van der Waals surface area contributed by atoms with Gasteiger partial charge in [-0.15, -0.1) is 0 Å². The number of nitro groups is 1. The molecule has 0 fully saturated rings. The fraction of sp³-hybridized carbons (Fsp3) is 0. The topological polar surface area (TPSA) is 92.5 Å². The summed E-state index contributed by atoms with van der Waals surface area (Å²) < 4.78 is 13.5. The van der Waals surface area contributed by atoms with Gasteiger partial charge in [0.15, 0.2) is 0 Å². The number of halogens is 2. The normalized spacial score (nSPS) is 10.2. The smallest absolute Gasteiger partial charge is 0.335 e. The Hall–Kier alpha value is -2.67. The Morgan fingerprint density at radius 2 is 2.00 bits per heavy atom. The van der Waals surface area contributed by atoms with E-state index in [1.54, 1.807) is 0 Å². The fourth-order valence-electron chi connectivity index (χ4n) is 1.70. The lowest BCUT2D eigenvalue weighted by Gasteiger charge is -2.09. The molecule has 108 valence electrons. The van der Waals surface area contributed by atoms with Crippen molar-refractivity contribution in [2.45, 2.75) is 0 Å². The van der Waals surface area contributed by atoms with Crippen LogP contribution in [0.5, 0.6) is 0 Å². The van der Waals surface area contributed by atoms with Crippen molar-refractivity contribution in [3.8, 4) is 0 Å². The molecule has 6 nitrogen and oxygen atoms in total. The van der Waals surface area contributed by atoms with E-state index in [0.29, 0.717) is 0 Å². The first-order chi connectivity index (χ1) is 9.90. The number of aromatic carboxylic acids is 1. The molecule has 0 aliphatic heterocycles. The van der Waals surface area contributed by atoms with Crippen molar-refractivity contribution in [2.24, 2.45) is 0 Å². The molecule has 2 N–H and O–H groups in total. The molecule has 0 aromatic heterocycles. The summed E-state index contributed by atoms with van der Waals surface area (Å²) in [6, 6.07) is 7.42. The molecular formula is C13H8ClFN2O4. The number of hydrogen-bond acceptors (Lipinski definition) is 4. The van der Waals surface area contributed by atoms with Crippen LogP contribution in [0.3, 0.4) is 0 Å². The number of carboxylic acids is 1. The third kappa shape index (κ3) is 3.09. The van der Waals surface area contributed by atoms with E-state index in [9.17, 15) is 19.3 Å². The number of carboxylic acid groups (broad SMARTS) is 1. The molecule has 2 aromatic carbocycles. The number of nitrogens with one attached hydrogen (secondary N) is 1. The third-order valence-corrected chi connectivity index (χ3v) is 2.97. The molecule has 0 atom stereocenters. The van der Waals surface area contributed by atoms with E-state index in [1.165, 1.54) is 30.3 Å². The van der Waals surface area contributed by atoms with Crippen LogP contribution in [0.15, 0.2) is 36.4 Å². The first-order valence-electron chi connectivity index (χ1n) is 5.63. The second-order valence-corrected chi connectivity index (χ2v) is 4.43. The minimum absolute atomic E-state index is 0.0284. The Balaban J connectivity index is 2.42. The van der Waals surface area contributed by atoms with Crippen molar-refractivity contribution in [1.29, 1.82) is 0 Å². The highest BCUT2D eigenvalue weighted by Gasteiger charge is 2.20. The zero-order valence-electron chi connectivity index (χ0n) is 10.3. The van der Waals surface area contributed by atoms with Crippen LogP contribution in [-0.4, -0.2) is 16.0 Å². The molecule has 0 aliphatic rings. The Kier molecular flexibility index (Phi) is 4.04. The predicted octanol–water partition coefficient (Wildman–Crippen LogP) is 3.83. The molecule has 21 heavy (non-hydrogen) atoms. The van der Waals surface area contributed by atoms with Crippen molar-refractivity contribution in [1.82, 2.24) is 0 Å². The summed E-state index contributed by atoms with van der Waals surface area (Å²) in [5.74, 6) is -2.14. The van der Waals surface area contributed by atoms with Gasteiger partial charge in [0.25, 0.3) is 0 Å². The van der Waals surface area contributed by atoms with Gasteiger partial charge in [-0.05, 0) is 30.3 Å². The van der Waals surface area contributed by atoms with Crippen molar-refractivity contribution in [3.05, 3.63) is 62.9 Å². The van der Waals surface area contributed by atoms with Gasteiger partial charge in [-0.3, -0.25) is 10.1 Å². The Morgan fingerprint density at radius 3 is 2.57 bits per heavy atom. The molecule has 0 radical (unpaired) electrons. The highest BCUT2D eigenvalue weighted by Crippen LogP contribution is 2.33. The average Bonchev–Trinajstić information content (AvgIpc) is 2.40. The molecule has 0 bridgehead atoms. The summed E-state index contributed by atoms with van der Waals surface area (Å²) >= 11 is 5.91. The maximum Gasteiger partial charge on any atom is 0.335 e. The summed E-state index contributed by atoms with van der Waals surface area (Å²) in [5.41, 5.74) is -0.587. The molecule has 0 amide bonds. The molecule has 2 rings (SSSR count). The van der Waals surface area contributed by atoms with Crippen molar-refractivity contribution < 1.29 is 19.2 Å². The number of nitro benzene ring substituents is 1. The summed E-state index contributed by atoms with van der Waals surface area (Å²) in [6.07, 6.45) is 0. The average molecular weight is 311 g/mol. The summed E-state index contributed by atoms with van der Waals surface area (Å²) in [5, 5.41) is 22.4. The molecule has 0 aliphatic carbocycles. The van der Waals surface area contributed by atoms with Gasteiger partial charge in [-0.25, -0.2) is 4.79 Å². The van der Waals surface area contributed by atoms with Gasteiger partial charge in [0, 0.05) is 0 Å². The molecule has 0 saturated heterocycles. The third-order valence-electron chi connectivity index (χ3n) is 2.65. The number of benzene rings is 2. The summed E-state index contributed by atoms with van der Waals surface area (Å²) in [6.45, 7) is 0. The van der Waals surface area contributed by atoms with E-state index in [4.69, 9.17) is 16.7 Å². The van der Waals surface area contributed by atoms with E-state index in [1.807, 2.05) is 0 Å². The minimum Gasteiger partial charge on any atom is -0.478 e. The maximum atomic E-state index is 13.5. The number of rotatable bonds is 4. The quantitative estimate of drug-likeness (QED) is 0.661. The largest absolute Gasteiger partial charge is 0.478 e. The first kappa shape index (κ1) is 14.7. The number of anilines is 2. The van der Waals surface area contributed by atoms with E-state index < -0.39 is 22.4 Å². The van der Waals surface area contributed by atoms with Crippen LogP contribution < -0.4 is 5.32 Å². The molecule has 0 heterocycles. The Bertz CT molecular complexity index is 736. The molecule has 0 spiro atoms. The second-order valence-electron chi connectivity index (χ2n) is 4.02. The lowest BCUT2D eigenvalue weighted by Crippen LogP contribution is -2.01.